The van der Waals surface area contributed by atoms with Gasteiger partial charge in [0.05, 0.1) is 12.2 Å². The lowest BCUT2D eigenvalue weighted by Gasteiger charge is -2.11. The predicted molar refractivity (Wildman–Crippen MR) is 116 cm³/mol. The van der Waals surface area contributed by atoms with E-state index in [1.54, 1.807) is 11.3 Å². The van der Waals surface area contributed by atoms with Crippen LogP contribution in [0.2, 0.25) is 0 Å². The van der Waals surface area contributed by atoms with Crippen LogP contribution in [-0.4, -0.2) is 30.8 Å². The topological polar surface area (TPSA) is 67.8 Å². The first-order valence-electron chi connectivity index (χ1n) is 8.49. The van der Waals surface area contributed by atoms with Crippen molar-refractivity contribution in [2.24, 2.45) is 4.99 Å². The van der Waals surface area contributed by atoms with Gasteiger partial charge in [-0.2, -0.15) is 0 Å². The summed E-state index contributed by atoms with van der Waals surface area (Å²) in [6, 6.07) is 6.07. The number of nitrogens with zero attached hydrogens (tertiary/aromatic N) is 2. The lowest BCUT2D eigenvalue weighted by molar-refractivity contribution is 0.174. The van der Waals surface area contributed by atoms with Crippen molar-refractivity contribution in [2.45, 2.75) is 33.7 Å². The number of halogens is 1. The van der Waals surface area contributed by atoms with Gasteiger partial charge in [-0.25, -0.2) is 9.98 Å². The Labute approximate surface area is 175 Å². The van der Waals surface area contributed by atoms with Crippen molar-refractivity contribution >= 4 is 41.3 Å². The second kappa shape index (κ2) is 9.96. The molecule has 0 saturated heterocycles. The second-order valence-corrected chi connectivity index (χ2v) is 7.10. The van der Waals surface area contributed by atoms with Crippen LogP contribution in [0, 0.1) is 13.8 Å². The smallest absolute Gasteiger partial charge is 0.231 e. The van der Waals surface area contributed by atoms with E-state index >= 15 is 0 Å². The fourth-order valence-electron chi connectivity index (χ4n) is 2.52. The van der Waals surface area contributed by atoms with E-state index in [4.69, 9.17) is 9.47 Å². The molecule has 0 unspecified atom stereocenters. The zero-order chi connectivity index (χ0) is 17.6. The van der Waals surface area contributed by atoms with Gasteiger partial charge < -0.3 is 20.1 Å². The van der Waals surface area contributed by atoms with E-state index in [-0.39, 0.29) is 24.0 Å². The fourth-order valence-corrected chi connectivity index (χ4v) is 3.38. The first-order chi connectivity index (χ1) is 12.2. The van der Waals surface area contributed by atoms with Crippen molar-refractivity contribution in [2.75, 3.05) is 19.9 Å². The van der Waals surface area contributed by atoms with Gasteiger partial charge in [0.2, 0.25) is 6.79 Å². The number of guanidine groups is 1. The zero-order valence-electron chi connectivity index (χ0n) is 15.3. The molecule has 1 aliphatic rings. The van der Waals surface area contributed by atoms with E-state index in [9.17, 15) is 0 Å². The quantitative estimate of drug-likeness (QED) is 0.371. The van der Waals surface area contributed by atoms with E-state index < -0.39 is 0 Å². The molecule has 2 heterocycles. The van der Waals surface area contributed by atoms with Crippen LogP contribution in [0.4, 0.5) is 0 Å². The van der Waals surface area contributed by atoms with Gasteiger partial charge in [0, 0.05) is 18.0 Å². The third-order valence-electron chi connectivity index (χ3n) is 3.93. The Morgan fingerprint density at radius 1 is 1.23 bits per heavy atom. The number of nitrogens with one attached hydrogen (secondary N) is 2. The summed E-state index contributed by atoms with van der Waals surface area (Å²) in [6.07, 6.45) is 0.885. The van der Waals surface area contributed by atoms with Crippen LogP contribution in [0.5, 0.6) is 11.5 Å². The predicted octanol–water partition coefficient (Wildman–Crippen LogP) is 3.40. The number of aromatic nitrogens is 1. The number of fused-ring (bicyclic) bond motifs is 1. The summed E-state index contributed by atoms with van der Waals surface area (Å²) in [5, 5.41) is 7.69. The molecule has 1 aliphatic heterocycles. The van der Waals surface area contributed by atoms with Crippen molar-refractivity contribution in [1.82, 2.24) is 15.6 Å². The van der Waals surface area contributed by atoms with Crippen LogP contribution < -0.4 is 20.1 Å². The van der Waals surface area contributed by atoms with Crippen molar-refractivity contribution in [1.29, 1.82) is 0 Å². The molecular formula is C18H25IN4O2S. The van der Waals surface area contributed by atoms with Gasteiger partial charge in [-0.05, 0) is 44.9 Å². The number of thiazole rings is 1. The van der Waals surface area contributed by atoms with Gasteiger partial charge in [-0.3, -0.25) is 0 Å². The summed E-state index contributed by atoms with van der Waals surface area (Å²) in [5.41, 5.74) is 2.30. The van der Waals surface area contributed by atoms with E-state index in [0.717, 1.165) is 47.7 Å². The molecular weight excluding hydrogens is 463 g/mol. The number of aryl methyl sites for hydroxylation is 2. The highest BCUT2D eigenvalue weighted by molar-refractivity contribution is 14.0. The molecule has 8 heteroatoms. The van der Waals surface area contributed by atoms with E-state index in [2.05, 4.69) is 40.5 Å². The summed E-state index contributed by atoms with van der Waals surface area (Å²) >= 11 is 1.71. The second-order valence-electron chi connectivity index (χ2n) is 5.81. The van der Waals surface area contributed by atoms with E-state index in [0.29, 0.717) is 13.3 Å². The number of benzene rings is 1. The van der Waals surface area contributed by atoms with Crippen molar-refractivity contribution in [3.05, 3.63) is 39.3 Å². The van der Waals surface area contributed by atoms with Gasteiger partial charge in [-0.15, -0.1) is 35.3 Å². The normalized spacial score (nSPS) is 12.7. The molecule has 1 aromatic heterocycles. The highest BCUT2D eigenvalue weighted by atomic mass is 127. The van der Waals surface area contributed by atoms with Crippen LogP contribution in [0.1, 0.15) is 28.1 Å². The molecule has 1 aromatic carbocycles. The lowest BCUT2D eigenvalue weighted by Crippen LogP contribution is -2.38. The Bertz CT molecular complexity index is 744. The average molecular weight is 488 g/mol. The van der Waals surface area contributed by atoms with Gasteiger partial charge in [0.1, 0.15) is 5.01 Å². The molecule has 0 atom stereocenters. The number of hydrogen-bond donors (Lipinski definition) is 2. The maximum Gasteiger partial charge on any atom is 0.231 e. The van der Waals surface area contributed by atoms with Crippen molar-refractivity contribution in [3.63, 3.8) is 0 Å². The molecule has 0 bridgehead atoms. The Balaban J connectivity index is 0.00000243. The Hall–Kier alpha value is -1.55. The van der Waals surface area contributed by atoms with Crippen LogP contribution in [0.25, 0.3) is 0 Å². The minimum Gasteiger partial charge on any atom is -0.454 e. The number of hydrogen-bond acceptors (Lipinski definition) is 5. The molecule has 0 radical (unpaired) electrons. The monoisotopic (exact) mass is 488 g/mol. The molecule has 0 saturated carbocycles. The largest absolute Gasteiger partial charge is 0.454 e. The Kier molecular flexibility index (Phi) is 7.95. The summed E-state index contributed by atoms with van der Waals surface area (Å²) in [7, 11) is 0. The SMILES string of the molecule is CCNC(=NCc1nc(C)c(C)s1)NCCc1ccc2c(c1)OCO2.I. The molecule has 3 rings (SSSR count). The van der Waals surface area contributed by atoms with Crippen LogP contribution in [-0.2, 0) is 13.0 Å². The maximum atomic E-state index is 5.42. The third kappa shape index (κ3) is 5.47. The standard InChI is InChI=1S/C18H24N4O2S.HI/c1-4-19-18(21-10-17-22-12(2)13(3)25-17)20-8-7-14-5-6-15-16(9-14)24-11-23-15;/h5-6,9H,4,7-8,10-11H2,1-3H3,(H2,19,20,21);1H. The Morgan fingerprint density at radius 2 is 2.04 bits per heavy atom. The third-order valence-corrected chi connectivity index (χ3v) is 4.99. The zero-order valence-corrected chi connectivity index (χ0v) is 18.4. The Morgan fingerprint density at radius 3 is 2.77 bits per heavy atom. The highest BCUT2D eigenvalue weighted by Gasteiger charge is 2.13. The number of ether oxygens (including phenoxy) is 2. The summed E-state index contributed by atoms with van der Waals surface area (Å²) in [6.45, 7) is 8.71. The molecule has 6 nitrogen and oxygen atoms in total. The molecule has 0 amide bonds. The highest BCUT2D eigenvalue weighted by Crippen LogP contribution is 2.32. The number of rotatable bonds is 6. The van der Waals surface area contributed by atoms with Crippen LogP contribution in [0.15, 0.2) is 23.2 Å². The molecule has 0 spiro atoms. The number of aliphatic imine (C=N–C) groups is 1. The molecule has 0 fully saturated rings. The summed E-state index contributed by atoms with van der Waals surface area (Å²) in [5.74, 6) is 2.46. The van der Waals surface area contributed by atoms with Crippen molar-refractivity contribution < 1.29 is 9.47 Å². The molecule has 142 valence electrons. The first kappa shape index (κ1) is 20.8. The summed E-state index contributed by atoms with van der Waals surface area (Å²) in [4.78, 5) is 10.4. The molecule has 2 N–H and O–H groups in total. The maximum absolute atomic E-state index is 5.42. The minimum atomic E-state index is 0. The molecule has 0 aliphatic carbocycles. The van der Waals surface area contributed by atoms with Crippen LogP contribution >= 0.6 is 35.3 Å². The van der Waals surface area contributed by atoms with Gasteiger partial charge in [-0.1, -0.05) is 6.07 Å². The fraction of sp³-hybridized carbons (Fsp3) is 0.444. The van der Waals surface area contributed by atoms with Gasteiger partial charge >= 0.3 is 0 Å². The first-order valence-corrected chi connectivity index (χ1v) is 9.31. The van der Waals surface area contributed by atoms with E-state index in [1.807, 2.05) is 19.1 Å². The van der Waals surface area contributed by atoms with Gasteiger partial charge in [0.15, 0.2) is 17.5 Å². The van der Waals surface area contributed by atoms with Crippen LogP contribution in [0.3, 0.4) is 0 Å². The molecule has 26 heavy (non-hydrogen) atoms. The lowest BCUT2D eigenvalue weighted by atomic mass is 10.1. The molecule has 2 aromatic rings. The van der Waals surface area contributed by atoms with Crippen molar-refractivity contribution in [3.8, 4) is 11.5 Å². The average Bonchev–Trinajstić information content (AvgIpc) is 3.19. The van der Waals surface area contributed by atoms with Gasteiger partial charge in [0.25, 0.3) is 0 Å². The van der Waals surface area contributed by atoms with E-state index in [1.165, 1.54) is 10.4 Å². The minimum absolute atomic E-state index is 0. The summed E-state index contributed by atoms with van der Waals surface area (Å²) < 4.78 is 10.8.